The van der Waals surface area contributed by atoms with Gasteiger partial charge < -0.3 is 20.3 Å². The van der Waals surface area contributed by atoms with E-state index >= 15 is 0 Å². The molecule has 0 saturated heterocycles. The van der Waals surface area contributed by atoms with Gasteiger partial charge in [0, 0.05) is 32.4 Å². The lowest BCUT2D eigenvalue weighted by Gasteiger charge is -2.12. The topological polar surface area (TPSA) is 107 Å². The van der Waals surface area contributed by atoms with Gasteiger partial charge in [0.2, 0.25) is 0 Å². The van der Waals surface area contributed by atoms with Gasteiger partial charge in [0.15, 0.2) is 6.29 Å². The average molecular weight is 203 g/mol. The number of methoxy groups -OCH3 is 2. The molecule has 80 valence electrons. The smallest absolute Gasteiger partial charge is 0.400 e. The summed E-state index contributed by atoms with van der Waals surface area (Å²) in [7, 11) is 2.93. The van der Waals surface area contributed by atoms with Crippen LogP contribution in [0.1, 0.15) is 6.42 Å². The van der Waals surface area contributed by atoms with Crippen molar-refractivity contribution >= 4 is 11.7 Å². The molecule has 0 atom stereocenters. The van der Waals surface area contributed by atoms with E-state index in [0.29, 0.717) is 5.70 Å². The minimum Gasteiger partial charge on any atom is -0.473 e. The Morgan fingerprint density at radius 1 is 1.57 bits per heavy atom. The molecule has 0 unspecified atom stereocenters. The lowest BCUT2D eigenvalue weighted by Crippen LogP contribution is -2.44. The van der Waals surface area contributed by atoms with Crippen LogP contribution < -0.4 is 11.1 Å². The van der Waals surface area contributed by atoms with Crippen LogP contribution >= 0.6 is 0 Å². The quantitative estimate of drug-likeness (QED) is 0.346. The van der Waals surface area contributed by atoms with Crippen LogP contribution in [-0.4, -0.2) is 37.3 Å². The summed E-state index contributed by atoms with van der Waals surface area (Å²) in [5.74, 6) is -1.21. The van der Waals surface area contributed by atoms with E-state index in [1.807, 2.05) is 0 Å². The summed E-state index contributed by atoms with van der Waals surface area (Å²) >= 11 is 0. The van der Waals surface area contributed by atoms with Gasteiger partial charge in [0.1, 0.15) is 0 Å². The fourth-order valence-electron chi connectivity index (χ4n) is 0.776. The van der Waals surface area contributed by atoms with Crippen molar-refractivity contribution in [3.8, 4) is 0 Å². The number of hydrogen-bond donors (Lipinski definition) is 3. The van der Waals surface area contributed by atoms with Crippen molar-refractivity contribution in [3.05, 3.63) is 11.8 Å². The predicted octanol–water partition coefficient (Wildman–Crippen LogP) is -1.88. The number of rotatable bonds is 6. The third kappa shape index (κ3) is 4.58. The lowest BCUT2D eigenvalue weighted by molar-refractivity contribution is -0.146. The van der Waals surface area contributed by atoms with Gasteiger partial charge in [-0.05, 0) is 0 Å². The summed E-state index contributed by atoms with van der Waals surface area (Å²) in [4.78, 5) is 10.3. The van der Waals surface area contributed by atoms with Crippen LogP contribution in [0, 0.1) is 0 Å². The molecule has 0 aromatic carbocycles. The molecule has 0 aromatic heterocycles. The van der Waals surface area contributed by atoms with Gasteiger partial charge in [-0.25, -0.2) is 10.2 Å². The summed E-state index contributed by atoms with van der Waals surface area (Å²) in [6.07, 6.45) is 0.946. The monoisotopic (exact) mass is 203 g/mol. The number of ether oxygens (including phenoxy) is 2. The van der Waals surface area contributed by atoms with E-state index in [1.54, 1.807) is 0 Å². The highest BCUT2D eigenvalue weighted by molar-refractivity contribution is 6.37. The highest BCUT2D eigenvalue weighted by atomic mass is 16.7. The zero-order valence-electron chi connectivity index (χ0n) is 8.19. The zero-order valence-corrected chi connectivity index (χ0v) is 8.19. The number of nitrogens with two attached hydrogens (primary N) is 2. The highest BCUT2D eigenvalue weighted by Crippen LogP contribution is 2.03. The Morgan fingerprint density at radius 2 is 2.07 bits per heavy atom. The van der Waals surface area contributed by atoms with Gasteiger partial charge >= 0.3 is 5.97 Å². The Hall–Kier alpha value is -1.40. The first kappa shape index (κ1) is 12.6. The molecule has 0 fully saturated rings. The molecule has 14 heavy (non-hydrogen) atoms. The Balaban J connectivity index is 4.25. The molecular formula is C8H15N2O4+. The Morgan fingerprint density at radius 3 is 2.43 bits per heavy atom. The molecule has 0 aliphatic carbocycles. The van der Waals surface area contributed by atoms with Crippen molar-refractivity contribution in [1.82, 2.24) is 0 Å². The molecule has 0 radical (unpaired) electrons. The zero-order chi connectivity index (χ0) is 11.1. The molecule has 0 saturated carbocycles. The van der Waals surface area contributed by atoms with E-state index in [2.05, 4.69) is 0 Å². The second-order valence-electron chi connectivity index (χ2n) is 2.58. The molecule has 6 heteroatoms. The van der Waals surface area contributed by atoms with Gasteiger partial charge in [-0.2, -0.15) is 0 Å². The molecule has 6 nitrogen and oxygen atoms in total. The van der Waals surface area contributed by atoms with E-state index in [1.165, 1.54) is 20.3 Å². The first-order valence-corrected chi connectivity index (χ1v) is 3.88. The van der Waals surface area contributed by atoms with Crippen LogP contribution in [0.4, 0.5) is 0 Å². The van der Waals surface area contributed by atoms with Gasteiger partial charge in [-0.15, -0.1) is 0 Å². The average Bonchev–Trinajstić information content (AvgIpc) is 2.13. The fraction of sp³-hybridized carbons (Fsp3) is 0.500. The lowest BCUT2D eigenvalue weighted by atomic mass is 10.2. The van der Waals surface area contributed by atoms with Crippen molar-refractivity contribution in [2.45, 2.75) is 12.7 Å². The minimum absolute atomic E-state index is 0.265. The molecule has 0 heterocycles. The van der Waals surface area contributed by atoms with Crippen LogP contribution in [0.2, 0.25) is 0 Å². The standard InChI is InChI=1S/C8H14N2O4/c1-13-7(14-2)4-5(9)3-6(10)8(11)12/h3,7,10H,4,9H2,1-2H3,(H,11,12)/p+1/b5-3-,10-6?. The Labute approximate surface area is 81.8 Å². The van der Waals surface area contributed by atoms with Crippen LogP contribution in [-0.2, 0) is 14.3 Å². The van der Waals surface area contributed by atoms with E-state index in [9.17, 15) is 4.79 Å². The van der Waals surface area contributed by atoms with Crippen molar-refractivity contribution in [3.63, 3.8) is 0 Å². The Kier molecular flexibility index (Phi) is 5.50. The molecule has 0 bridgehead atoms. The summed E-state index contributed by atoms with van der Waals surface area (Å²) < 4.78 is 9.74. The van der Waals surface area contributed by atoms with E-state index in [0.717, 1.165) is 0 Å². The summed E-state index contributed by atoms with van der Waals surface area (Å²) in [6, 6.07) is 0. The van der Waals surface area contributed by atoms with Crippen LogP contribution in [0.15, 0.2) is 11.8 Å². The summed E-state index contributed by atoms with van der Waals surface area (Å²) in [5.41, 5.74) is 5.48. The number of carboxylic acids is 1. The third-order valence-electron chi connectivity index (χ3n) is 1.52. The molecule has 0 rings (SSSR count). The SMILES string of the molecule is COC(C/C(N)=C/C(=[NH2+])C(=O)O)OC. The maximum atomic E-state index is 10.3. The van der Waals surface area contributed by atoms with Gasteiger partial charge in [0.05, 0.1) is 0 Å². The number of aliphatic carboxylic acids is 1. The van der Waals surface area contributed by atoms with E-state index in [-0.39, 0.29) is 12.1 Å². The summed E-state index contributed by atoms with van der Waals surface area (Å²) in [6.45, 7) is 0. The maximum absolute atomic E-state index is 10.3. The third-order valence-corrected chi connectivity index (χ3v) is 1.52. The largest absolute Gasteiger partial charge is 0.473 e. The van der Waals surface area contributed by atoms with Gasteiger partial charge in [0.25, 0.3) is 5.71 Å². The molecule has 0 spiro atoms. The number of carboxylic acid groups (broad SMARTS) is 1. The number of carbonyl (C=O) groups is 1. The fourth-order valence-corrected chi connectivity index (χ4v) is 0.776. The van der Waals surface area contributed by atoms with Crippen molar-refractivity contribution in [1.29, 1.82) is 0 Å². The maximum Gasteiger partial charge on any atom is 0.400 e. The second kappa shape index (κ2) is 6.11. The molecule has 0 amide bonds. The highest BCUT2D eigenvalue weighted by Gasteiger charge is 2.12. The first-order chi connectivity index (χ1) is 6.51. The van der Waals surface area contributed by atoms with Crippen LogP contribution in [0.5, 0.6) is 0 Å². The normalized spacial score (nSPS) is 11.8. The summed E-state index contributed by atoms with van der Waals surface area (Å²) in [5, 5.41) is 13.6. The molecule has 0 aromatic rings. The van der Waals surface area contributed by atoms with E-state index in [4.69, 9.17) is 25.7 Å². The second-order valence-corrected chi connectivity index (χ2v) is 2.58. The molecule has 0 aliphatic rings. The van der Waals surface area contributed by atoms with Crippen molar-refractivity contribution < 1.29 is 24.8 Å². The van der Waals surface area contributed by atoms with Crippen molar-refractivity contribution in [2.75, 3.05) is 14.2 Å². The minimum atomic E-state index is -1.21. The van der Waals surface area contributed by atoms with Gasteiger partial charge in [-0.1, -0.05) is 0 Å². The van der Waals surface area contributed by atoms with E-state index < -0.39 is 12.3 Å². The number of hydrogen-bond acceptors (Lipinski definition) is 4. The van der Waals surface area contributed by atoms with Gasteiger partial charge in [-0.3, -0.25) is 0 Å². The van der Waals surface area contributed by atoms with Crippen molar-refractivity contribution in [2.24, 2.45) is 5.73 Å². The Bertz CT molecular complexity index is 246. The molecular weight excluding hydrogens is 188 g/mol. The van der Waals surface area contributed by atoms with Crippen LogP contribution in [0.25, 0.3) is 0 Å². The molecule has 0 aliphatic heterocycles. The predicted molar refractivity (Wildman–Crippen MR) is 49.3 cm³/mol. The first-order valence-electron chi connectivity index (χ1n) is 3.88. The molecule has 5 N–H and O–H groups in total. The van der Waals surface area contributed by atoms with Crippen LogP contribution in [0.3, 0.4) is 0 Å².